The molecule has 0 saturated carbocycles. The molecule has 0 aliphatic carbocycles. The molecule has 0 aliphatic heterocycles. The van der Waals surface area contributed by atoms with Crippen LogP contribution in [0.3, 0.4) is 0 Å². The fraction of sp³-hybridized carbons (Fsp3) is 1.00. The second-order valence-corrected chi connectivity index (χ2v) is 4.07. The molecule has 0 aromatic carbocycles. The van der Waals surface area contributed by atoms with Gasteiger partial charge in [-0.3, -0.25) is 0 Å². The lowest BCUT2D eigenvalue weighted by Crippen LogP contribution is -1.98. The fourth-order valence-corrected chi connectivity index (χ4v) is 0.876. The van der Waals surface area contributed by atoms with Crippen molar-refractivity contribution >= 4 is 46.8 Å². The third-order valence-corrected chi connectivity index (χ3v) is 1.32. The van der Waals surface area contributed by atoms with E-state index in [-0.39, 0.29) is 12.5 Å². The minimum Gasteiger partial charge on any atom is -0.309 e. The maximum Gasteiger partial charge on any atom is 0.329 e. The summed E-state index contributed by atoms with van der Waals surface area (Å²) in [5.74, 6) is 0.289. The van der Waals surface area contributed by atoms with Gasteiger partial charge in [0.15, 0.2) is 0 Å². The smallest absolute Gasteiger partial charge is 0.309 e. The molecule has 0 radical (unpaired) electrons. The summed E-state index contributed by atoms with van der Waals surface area (Å²) in [6.45, 7) is 0.220. The first kappa shape index (κ1) is 10.1. The topological polar surface area (TPSA) is 9.23 Å². The highest BCUT2D eigenvalue weighted by Crippen LogP contribution is 2.36. The Morgan fingerprint density at radius 1 is 1.56 bits per heavy atom. The van der Waals surface area contributed by atoms with E-state index in [4.69, 9.17) is 34.8 Å². The van der Waals surface area contributed by atoms with Crippen LogP contribution in [0.5, 0.6) is 0 Å². The normalized spacial score (nSPS) is 12.0. The summed E-state index contributed by atoms with van der Waals surface area (Å²) in [5, 5.41) is 0. The molecule has 0 unspecified atom stereocenters. The van der Waals surface area contributed by atoms with E-state index < -0.39 is 3.92 Å². The van der Waals surface area contributed by atoms with E-state index in [9.17, 15) is 4.39 Å². The molecule has 56 valence electrons. The average Bonchev–Trinajstić information content (AvgIpc) is 1.63. The number of hydrogen-bond donors (Lipinski definition) is 0. The van der Waals surface area contributed by atoms with E-state index in [2.05, 4.69) is 4.18 Å². The molecule has 6 heteroatoms. The zero-order valence-corrected chi connectivity index (χ0v) is 7.33. The summed E-state index contributed by atoms with van der Waals surface area (Å²) >= 11 is 15.2. The molecular formula is C3H4Cl3FOS. The van der Waals surface area contributed by atoms with Crippen LogP contribution in [0.1, 0.15) is 0 Å². The molecule has 1 nitrogen and oxygen atoms in total. The molecule has 0 heterocycles. The van der Waals surface area contributed by atoms with Crippen molar-refractivity contribution in [2.24, 2.45) is 0 Å². The minimum absolute atomic E-state index is 0.220. The number of halogens is 4. The van der Waals surface area contributed by atoms with Crippen LogP contribution in [0.2, 0.25) is 0 Å². The molecule has 0 saturated heterocycles. The van der Waals surface area contributed by atoms with Gasteiger partial charge in [0.2, 0.25) is 0 Å². The summed E-state index contributed by atoms with van der Waals surface area (Å²) in [6, 6.07) is 0. The molecule has 0 aromatic rings. The monoisotopic (exact) mass is 212 g/mol. The van der Waals surface area contributed by atoms with E-state index in [1.54, 1.807) is 0 Å². The Labute approximate surface area is 72.0 Å². The SMILES string of the molecule is FC(Cl)(Cl)SOCCCl. The summed E-state index contributed by atoms with van der Waals surface area (Å²) in [7, 11) is 0. The molecule has 0 bridgehead atoms. The van der Waals surface area contributed by atoms with E-state index in [1.165, 1.54) is 0 Å². The number of alkyl halides is 4. The van der Waals surface area contributed by atoms with Gasteiger partial charge in [0.1, 0.15) is 0 Å². The molecule has 0 N–H and O–H groups in total. The zero-order valence-electron chi connectivity index (χ0n) is 4.24. The Kier molecular flexibility index (Phi) is 5.45. The molecule has 0 amide bonds. The molecule has 0 aliphatic rings. The van der Waals surface area contributed by atoms with Crippen LogP contribution in [0.15, 0.2) is 0 Å². The Balaban J connectivity index is 3.07. The molecule has 9 heavy (non-hydrogen) atoms. The Hall–Kier alpha value is 1.11. The lowest BCUT2D eigenvalue weighted by Gasteiger charge is -2.05. The van der Waals surface area contributed by atoms with Crippen LogP contribution in [0.25, 0.3) is 0 Å². The quantitative estimate of drug-likeness (QED) is 0.403. The van der Waals surface area contributed by atoms with E-state index >= 15 is 0 Å². The van der Waals surface area contributed by atoms with Gasteiger partial charge in [-0.1, -0.05) is 23.2 Å². The zero-order chi connectivity index (χ0) is 7.33. The van der Waals surface area contributed by atoms with Gasteiger partial charge >= 0.3 is 3.92 Å². The Morgan fingerprint density at radius 2 is 2.11 bits per heavy atom. The highest BCUT2D eigenvalue weighted by Gasteiger charge is 2.23. The molecule has 0 fully saturated rings. The van der Waals surface area contributed by atoms with Gasteiger partial charge in [-0.25, -0.2) is 0 Å². The van der Waals surface area contributed by atoms with Gasteiger partial charge in [-0.05, 0) is 0 Å². The van der Waals surface area contributed by atoms with Gasteiger partial charge in [-0.15, -0.1) is 11.6 Å². The van der Waals surface area contributed by atoms with Crippen molar-refractivity contribution in [3.63, 3.8) is 0 Å². The van der Waals surface area contributed by atoms with Crippen molar-refractivity contribution < 1.29 is 8.57 Å². The van der Waals surface area contributed by atoms with Crippen molar-refractivity contribution in [3.05, 3.63) is 0 Å². The first-order chi connectivity index (χ1) is 4.06. The van der Waals surface area contributed by atoms with Crippen LogP contribution in [0, 0.1) is 0 Å². The van der Waals surface area contributed by atoms with Crippen molar-refractivity contribution in [1.82, 2.24) is 0 Å². The van der Waals surface area contributed by atoms with E-state index in [0.717, 1.165) is 0 Å². The largest absolute Gasteiger partial charge is 0.329 e. The van der Waals surface area contributed by atoms with Gasteiger partial charge in [0.05, 0.1) is 18.6 Å². The van der Waals surface area contributed by atoms with Crippen LogP contribution in [-0.4, -0.2) is 16.4 Å². The summed E-state index contributed by atoms with van der Waals surface area (Å²) in [5.41, 5.74) is 0. The summed E-state index contributed by atoms with van der Waals surface area (Å²) in [4.78, 5) is 0. The maximum atomic E-state index is 12.0. The molecule has 0 rings (SSSR count). The second kappa shape index (κ2) is 4.85. The van der Waals surface area contributed by atoms with E-state index in [1.807, 2.05) is 0 Å². The number of rotatable bonds is 4. The number of hydrogen-bond acceptors (Lipinski definition) is 2. The predicted molar refractivity (Wildman–Crippen MR) is 39.8 cm³/mol. The predicted octanol–water partition coefficient (Wildman–Crippen LogP) is 2.95. The standard InChI is InChI=1S/C3H4Cl3FOS/c4-1-2-8-9-3(5,6)7/h1-2H2. The van der Waals surface area contributed by atoms with Gasteiger partial charge in [0.25, 0.3) is 0 Å². The minimum atomic E-state index is -2.37. The molecule has 0 atom stereocenters. The lowest BCUT2D eigenvalue weighted by atomic mass is 10.9. The van der Waals surface area contributed by atoms with Crippen LogP contribution in [0.4, 0.5) is 4.39 Å². The van der Waals surface area contributed by atoms with Crippen LogP contribution < -0.4 is 0 Å². The lowest BCUT2D eigenvalue weighted by molar-refractivity contribution is 0.383. The Morgan fingerprint density at radius 3 is 2.44 bits per heavy atom. The van der Waals surface area contributed by atoms with Crippen molar-refractivity contribution in [1.29, 1.82) is 0 Å². The first-order valence-electron chi connectivity index (χ1n) is 1.99. The third-order valence-electron chi connectivity index (χ3n) is 0.314. The highest BCUT2D eigenvalue weighted by molar-refractivity contribution is 7.98. The van der Waals surface area contributed by atoms with Crippen molar-refractivity contribution in [2.75, 3.05) is 12.5 Å². The molecule has 0 aromatic heterocycles. The fourth-order valence-electron chi connectivity index (χ4n) is 0.140. The first-order valence-corrected chi connectivity index (χ1v) is 4.03. The molecular weight excluding hydrogens is 209 g/mol. The highest BCUT2D eigenvalue weighted by atomic mass is 35.5. The molecule has 0 spiro atoms. The van der Waals surface area contributed by atoms with Gasteiger partial charge < -0.3 is 4.18 Å². The van der Waals surface area contributed by atoms with Crippen LogP contribution >= 0.6 is 46.8 Å². The second-order valence-electron chi connectivity index (χ2n) is 1.04. The Bertz CT molecular complexity index is 75.9. The van der Waals surface area contributed by atoms with Crippen molar-refractivity contribution in [2.45, 2.75) is 3.92 Å². The summed E-state index contributed by atoms with van der Waals surface area (Å²) < 4.78 is 14.2. The summed E-state index contributed by atoms with van der Waals surface area (Å²) in [6.07, 6.45) is 0. The maximum absolute atomic E-state index is 12.0. The van der Waals surface area contributed by atoms with E-state index in [0.29, 0.717) is 12.0 Å². The third kappa shape index (κ3) is 9.11. The van der Waals surface area contributed by atoms with Crippen LogP contribution in [-0.2, 0) is 4.18 Å². The average molecular weight is 213 g/mol. The van der Waals surface area contributed by atoms with Crippen molar-refractivity contribution in [3.8, 4) is 0 Å². The van der Waals surface area contributed by atoms with Gasteiger partial charge in [0, 0.05) is 5.88 Å². The van der Waals surface area contributed by atoms with Gasteiger partial charge in [-0.2, -0.15) is 4.39 Å².